The van der Waals surface area contributed by atoms with Crippen molar-refractivity contribution in [1.82, 2.24) is 24.6 Å². The topological polar surface area (TPSA) is 57.2 Å². The van der Waals surface area contributed by atoms with Gasteiger partial charge in [0.05, 0.1) is 17.3 Å². The van der Waals surface area contributed by atoms with E-state index in [1.54, 1.807) is 0 Å². The van der Waals surface area contributed by atoms with Crippen molar-refractivity contribution in [2.24, 2.45) is 13.0 Å². The smallest absolute Gasteiger partial charge is 0.256 e. The van der Waals surface area contributed by atoms with Crippen LogP contribution in [0.25, 0.3) is 10.9 Å². The highest BCUT2D eigenvalue weighted by atomic mass is 16.2. The van der Waals surface area contributed by atoms with Gasteiger partial charge in [-0.25, -0.2) is 0 Å². The van der Waals surface area contributed by atoms with Crippen molar-refractivity contribution < 1.29 is 4.79 Å². The molecule has 1 N–H and O–H groups in total. The number of carbonyl (C=O) groups is 1. The number of para-hydroxylation sites is 1. The summed E-state index contributed by atoms with van der Waals surface area (Å²) in [7, 11) is 1.95. The summed E-state index contributed by atoms with van der Waals surface area (Å²) >= 11 is 0. The number of nitrogens with one attached hydrogen (secondary N) is 1. The molecule has 3 heterocycles. The quantitative estimate of drug-likeness (QED) is 0.727. The lowest BCUT2D eigenvalue weighted by atomic mass is 9.87. The molecule has 1 unspecified atom stereocenters. The summed E-state index contributed by atoms with van der Waals surface area (Å²) in [5.74, 6) is 0.878. The van der Waals surface area contributed by atoms with Gasteiger partial charge >= 0.3 is 0 Å². The van der Waals surface area contributed by atoms with Crippen LogP contribution in [0.2, 0.25) is 0 Å². The molecule has 6 heteroatoms. The average molecular weight is 406 g/mol. The molecule has 1 aliphatic carbocycles. The molecule has 1 aromatic carbocycles. The van der Waals surface area contributed by atoms with Gasteiger partial charge in [0.1, 0.15) is 0 Å². The van der Waals surface area contributed by atoms with Gasteiger partial charge < -0.3 is 9.88 Å². The highest BCUT2D eigenvalue weighted by molar-refractivity contribution is 6.06. The molecule has 1 atom stereocenters. The van der Waals surface area contributed by atoms with Gasteiger partial charge in [0.15, 0.2) is 0 Å². The summed E-state index contributed by atoms with van der Waals surface area (Å²) in [6, 6.07) is 6.22. The molecule has 30 heavy (non-hydrogen) atoms. The Bertz CT molecular complexity index is 1060. The van der Waals surface area contributed by atoms with Gasteiger partial charge in [-0.1, -0.05) is 19.1 Å². The van der Waals surface area contributed by atoms with E-state index in [1.807, 2.05) is 28.9 Å². The monoisotopic (exact) mass is 405 g/mol. The van der Waals surface area contributed by atoms with Crippen LogP contribution in [0.5, 0.6) is 0 Å². The number of benzene rings is 1. The number of aromatic amines is 1. The van der Waals surface area contributed by atoms with Gasteiger partial charge in [-0.15, -0.1) is 0 Å². The third-order valence-corrected chi connectivity index (χ3v) is 6.74. The van der Waals surface area contributed by atoms with Crippen LogP contribution in [0.1, 0.15) is 46.9 Å². The normalized spacial score (nSPS) is 20.3. The molecule has 6 nitrogen and oxygen atoms in total. The van der Waals surface area contributed by atoms with E-state index in [0.29, 0.717) is 5.92 Å². The highest BCUT2D eigenvalue weighted by Crippen LogP contribution is 2.33. The maximum atomic E-state index is 13.5. The van der Waals surface area contributed by atoms with Crippen molar-refractivity contribution in [2.45, 2.75) is 39.2 Å². The molecule has 1 aliphatic heterocycles. The average Bonchev–Trinajstić information content (AvgIpc) is 3.23. The molecule has 5 rings (SSSR count). The first-order chi connectivity index (χ1) is 14.6. The standard InChI is InChI=1S/C24H31N5O/c1-17-7-8-22-21(13-17)19-5-3-6-20(23(19)26-22)24(30)29-10-4-9-28(11-12-29)16-18-14-25-27(2)15-18/h3,5-6,14-15,17,26H,4,7-13,16H2,1-2H3. The van der Waals surface area contributed by atoms with Crippen LogP contribution < -0.4 is 0 Å². The number of carbonyl (C=O) groups excluding carboxylic acids is 1. The van der Waals surface area contributed by atoms with Gasteiger partial charge in [0, 0.05) is 62.6 Å². The van der Waals surface area contributed by atoms with E-state index in [-0.39, 0.29) is 5.91 Å². The first kappa shape index (κ1) is 19.4. The van der Waals surface area contributed by atoms with E-state index >= 15 is 0 Å². The summed E-state index contributed by atoms with van der Waals surface area (Å²) in [6.45, 7) is 6.72. The number of H-pyrrole nitrogens is 1. The lowest BCUT2D eigenvalue weighted by molar-refractivity contribution is 0.0763. The van der Waals surface area contributed by atoms with Gasteiger partial charge in [-0.05, 0) is 43.2 Å². The molecule has 2 aromatic heterocycles. The minimum Gasteiger partial charge on any atom is -0.358 e. The van der Waals surface area contributed by atoms with Crippen molar-refractivity contribution in [3.05, 3.63) is 53.0 Å². The van der Waals surface area contributed by atoms with Gasteiger partial charge in [0.2, 0.25) is 0 Å². The first-order valence-electron chi connectivity index (χ1n) is 11.2. The summed E-state index contributed by atoms with van der Waals surface area (Å²) < 4.78 is 1.85. The Labute approximate surface area is 177 Å². The maximum Gasteiger partial charge on any atom is 0.256 e. The van der Waals surface area contributed by atoms with Crippen molar-refractivity contribution in [2.75, 3.05) is 26.2 Å². The second-order valence-corrected chi connectivity index (χ2v) is 9.10. The number of hydrogen-bond acceptors (Lipinski definition) is 3. The summed E-state index contributed by atoms with van der Waals surface area (Å²) in [5, 5.41) is 5.52. The summed E-state index contributed by atoms with van der Waals surface area (Å²) in [4.78, 5) is 21.6. The van der Waals surface area contributed by atoms with Crippen LogP contribution in [-0.4, -0.2) is 56.7 Å². The molecule has 158 valence electrons. The van der Waals surface area contributed by atoms with Crippen LogP contribution in [-0.2, 0) is 26.4 Å². The van der Waals surface area contributed by atoms with Crippen molar-refractivity contribution in [3.63, 3.8) is 0 Å². The summed E-state index contributed by atoms with van der Waals surface area (Å²) in [5.41, 5.74) is 5.86. The zero-order valence-electron chi connectivity index (χ0n) is 18.0. The van der Waals surface area contributed by atoms with Crippen LogP contribution in [0, 0.1) is 5.92 Å². The fraction of sp³-hybridized carbons (Fsp3) is 0.500. The number of amides is 1. The molecule has 0 bridgehead atoms. The third-order valence-electron chi connectivity index (χ3n) is 6.74. The number of hydrogen-bond donors (Lipinski definition) is 1. The van der Waals surface area contributed by atoms with Crippen LogP contribution >= 0.6 is 0 Å². The number of rotatable bonds is 3. The zero-order chi connectivity index (χ0) is 20.7. The van der Waals surface area contributed by atoms with Gasteiger partial charge in [0.25, 0.3) is 5.91 Å². The zero-order valence-corrected chi connectivity index (χ0v) is 18.0. The molecular formula is C24H31N5O. The molecule has 0 radical (unpaired) electrons. The fourth-order valence-corrected chi connectivity index (χ4v) is 5.11. The Morgan fingerprint density at radius 3 is 2.97 bits per heavy atom. The van der Waals surface area contributed by atoms with Gasteiger partial charge in [-0.2, -0.15) is 5.10 Å². The van der Waals surface area contributed by atoms with E-state index in [9.17, 15) is 4.79 Å². The van der Waals surface area contributed by atoms with E-state index in [4.69, 9.17) is 0 Å². The molecule has 0 saturated carbocycles. The lowest BCUT2D eigenvalue weighted by Gasteiger charge is -2.22. The lowest BCUT2D eigenvalue weighted by Crippen LogP contribution is -2.35. The van der Waals surface area contributed by atoms with E-state index in [2.05, 4.69) is 40.2 Å². The van der Waals surface area contributed by atoms with Crippen molar-refractivity contribution in [1.29, 1.82) is 0 Å². The number of aromatic nitrogens is 3. The fourth-order valence-electron chi connectivity index (χ4n) is 5.11. The van der Waals surface area contributed by atoms with Crippen LogP contribution in [0.4, 0.5) is 0 Å². The number of nitrogens with zero attached hydrogens (tertiary/aromatic N) is 4. The first-order valence-corrected chi connectivity index (χ1v) is 11.2. The minimum atomic E-state index is 0.162. The molecule has 3 aromatic rings. The maximum absolute atomic E-state index is 13.5. The predicted molar refractivity (Wildman–Crippen MR) is 118 cm³/mol. The van der Waals surface area contributed by atoms with Crippen molar-refractivity contribution >= 4 is 16.8 Å². The molecule has 0 spiro atoms. The SMILES string of the molecule is CC1CCc2[nH]c3c(C(=O)N4CCCN(Cc5cnn(C)c5)CC4)cccc3c2C1. The summed E-state index contributed by atoms with van der Waals surface area (Å²) in [6.07, 6.45) is 8.43. The Hall–Kier alpha value is -2.60. The Kier molecular flexibility index (Phi) is 5.11. The van der Waals surface area contributed by atoms with E-state index in [0.717, 1.165) is 63.1 Å². The number of aryl methyl sites for hydroxylation is 2. The molecule has 1 fully saturated rings. The molecule has 2 aliphatic rings. The number of fused-ring (bicyclic) bond motifs is 3. The van der Waals surface area contributed by atoms with E-state index < -0.39 is 0 Å². The Morgan fingerprint density at radius 2 is 2.13 bits per heavy atom. The second-order valence-electron chi connectivity index (χ2n) is 9.10. The largest absolute Gasteiger partial charge is 0.358 e. The third kappa shape index (κ3) is 3.65. The van der Waals surface area contributed by atoms with E-state index in [1.165, 1.54) is 28.6 Å². The predicted octanol–water partition coefficient (Wildman–Crippen LogP) is 3.37. The molecule has 1 saturated heterocycles. The minimum absolute atomic E-state index is 0.162. The van der Waals surface area contributed by atoms with Crippen LogP contribution in [0.3, 0.4) is 0 Å². The van der Waals surface area contributed by atoms with Crippen molar-refractivity contribution in [3.8, 4) is 0 Å². The van der Waals surface area contributed by atoms with Crippen LogP contribution in [0.15, 0.2) is 30.6 Å². The molecule has 1 amide bonds. The van der Waals surface area contributed by atoms with Gasteiger partial charge in [-0.3, -0.25) is 14.4 Å². The Morgan fingerprint density at radius 1 is 1.23 bits per heavy atom. The second kappa shape index (κ2) is 7.91. The highest BCUT2D eigenvalue weighted by Gasteiger charge is 2.25. The molecular weight excluding hydrogens is 374 g/mol. The Balaban J connectivity index is 1.34.